The second-order valence-electron chi connectivity index (χ2n) is 6.05. The van der Waals surface area contributed by atoms with Crippen molar-refractivity contribution in [3.05, 3.63) is 68.1 Å². The van der Waals surface area contributed by atoms with E-state index in [0.29, 0.717) is 23.7 Å². The lowest BCUT2D eigenvalue weighted by molar-refractivity contribution is -0.00397. The number of halogens is 2. The maximum atomic E-state index is 11.8. The van der Waals surface area contributed by atoms with E-state index in [4.69, 9.17) is 27.9 Å². The number of aromatic amines is 1. The Morgan fingerprint density at radius 1 is 1.17 bits per heavy atom. The fraction of sp³-hybridized carbons (Fsp3) is 0.389. The molecule has 0 bridgehead atoms. The van der Waals surface area contributed by atoms with E-state index in [2.05, 4.69) is 9.88 Å². The van der Waals surface area contributed by atoms with Crippen molar-refractivity contribution < 1.29 is 4.74 Å². The summed E-state index contributed by atoms with van der Waals surface area (Å²) in [6, 6.07) is 9.49. The van der Waals surface area contributed by atoms with Gasteiger partial charge in [0.2, 0.25) is 0 Å². The lowest BCUT2D eigenvalue weighted by atomic mass is 10.1. The lowest BCUT2D eigenvalue weighted by Gasteiger charge is -2.31. The number of nitrogens with zero attached hydrogens (tertiary/aromatic N) is 1. The molecule has 0 amide bonds. The number of hydrogen-bond donors (Lipinski definition) is 1. The van der Waals surface area contributed by atoms with Crippen LogP contribution in [-0.2, 0) is 17.9 Å². The van der Waals surface area contributed by atoms with E-state index in [9.17, 15) is 4.79 Å². The minimum absolute atomic E-state index is 0.0727. The third-order valence-corrected chi connectivity index (χ3v) is 4.89. The number of ether oxygens (including phenoxy) is 1. The number of pyridine rings is 1. The SMILES string of the molecule is O=c1[nH]cc(Cl)cc1CN1CCC(OCc2ccccc2Cl)CC1. The average molecular weight is 367 g/mol. The molecular formula is C18H20Cl2N2O2. The summed E-state index contributed by atoms with van der Waals surface area (Å²) >= 11 is 12.1. The lowest BCUT2D eigenvalue weighted by Crippen LogP contribution is -2.37. The van der Waals surface area contributed by atoms with E-state index >= 15 is 0 Å². The number of benzene rings is 1. The summed E-state index contributed by atoms with van der Waals surface area (Å²) in [4.78, 5) is 16.7. The van der Waals surface area contributed by atoms with Gasteiger partial charge in [-0.05, 0) is 30.5 Å². The third-order valence-electron chi connectivity index (χ3n) is 4.31. The summed E-state index contributed by atoms with van der Waals surface area (Å²) in [6.45, 7) is 2.96. The van der Waals surface area contributed by atoms with Gasteiger partial charge in [-0.15, -0.1) is 0 Å². The molecule has 1 aromatic heterocycles. The molecule has 1 aliphatic rings. The Bertz CT molecular complexity index is 740. The molecule has 2 aromatic rings. The van der Waals surface area contributed by atoms with Crippen molar-refractivity contribution >= 4 is 23.2 Å². The smallest absolute Gasteiger partial charge is 0.252 e. The highest BCUT2D eigenvalue weighted by Crippen LogP contribution is 2.20. The van der Waals surface area contributed by atoms with Gasteiger partial charge in [-0.25, -0.2) is 0 Å². The summed E-state index contributed by atoms with van der Waals surface area (Å²) in [5.41, 5.74) is 1.65. The van der Waals surface area contributed by atoms with Crippen LogP contribution < -0.4 is 5.56 Å². The number of nitrogens with one attached hydrogen (secondary N) is 1. The first-order valence-electron chi connectivity index (χ1n) is 8.06. The van der Waals surface area contributed by atoms with Gasteiger partial charge in [0.1, 0.15) is 0 Å². The number of H-pyrrole nitrogens is 1. The van der Waals surface area contributed by atoms with Crippen molar-refractivity contribution in [1.82, 2.24) is 9.88 Å². The highest BCUT2D eigenvalue weighted by Gasteiger charge is 2.20. The molecule has 1 aliphatic heterocycles. The number of likely N-dealkylation sites (tertiary alicyclic amines) is 1. The Labute approximate surface area is 151 Å². The fourth-order valence-corrected chi connectivity index (χ4v) is 3.29. The van der Waals surface area contributed by atoms with Crippen LogP contribution in [0.1, 0.15) is 24.0 Å². The van der Waals surface area contributed by atoms with Crippen molar-refractivity contribution in [2.45, 2.75) is 32.1 Å². The van der Waals surface area contributed by atoms with Crippen molar-refractivity contribution in [2.75, 3.05) is 13.1 Å². The largest absolute Gasteiger partial charge is 0.373 e. The molecule has 1 N–H and O–H groups in total. The van der Waals surface area contributed by atoms with Gasteiger partial charge in [-0.1, -0.05) is 41.4 Å². The van der Waals surface area contributed by atoms with Crippen LogP contribution in [0.2, 0.25) is 10.0 Å². The van der Waals surface area contributed by atoms with Crippen LogP contribution >= 0.6 is 23.2 Å². The summed E-state index contributed by atoms with van der Waals surface area (Å²) in [7, 11) is 0. The van der Waals surface area contributed by atoms with Crippen LogP contribution in [0.15, 0.2) is 41.3 Å². The van der Waals surface area contributed by atoms with Gasteiger partial charge in [0.05, 0.1) is 17.7 Å². The Balaban J connectivity index is 1.48. The van der Waals surface area contributed by atoms with Gasteiger partial charge in [-0.3, -0.25) is 9.69 Å². The quantitative estimate of drug-likeness (QED) is 0.873. The van der Waals surface area contributed by atoms with Crippen LogP contribution in [0, 0.1) is 0 Å². The topological polar surface area (TPSA) is 45.3 Å². The Hall–Kier alpha value is -1.33. The summed E-state index contributed by atoms with van der Waals surface area (Å²) in [6.07, 6.45) is 3.64. The van der Waals surface area contributed by atoms with Gasteiger partial charge >= 0.3 is 0 Å². The first kappa shape index (κ1) is 17.5. The van der Waals surface area contributed by atoms with Gasteiger partial charge in [0.15, 0.2) is 0 Å². The Kier molecular flexibility index (Phi) is 5.95. The normalized spacial score (nSPS) is 16.4. The van der Waals surface area contributed by atoms with E-state index in [-0.39, 0.29) is 11.7 Å². The molecule has 128 valence electrons. The zero-order valence-electron chi connectivity index (χ0n) is 13.3. The predicted octanol–water partition coefficient (Wildman–Crippen LogP) is 3.86. The molecule has 0 radical (unpaired) electrons. The van der Waals surface area contributed by atoms with E-state index < -0.39 is 0 Å². The monoisotopic (exact) mass is 366 g/mol. The average Bonchev–Trinajstić information content (AvgIpc) is 2.59. The molecule has 1 saturated heterocycles. The number of hydrogen-bond acceptors (Lipinski definition) is 3. The molecule has 24 heavy (non-hydrogen) atoms. The van der Waals surface area contributed by atoms with Crippen LogP contribution in [-0.4, -0.2) is 29.1 Å². The summed E-state index contributed by atoms with van der Waals surface area (Å²) in [5, 5.41) is 1.30. The summed E-state index contributed by atoms with van der Waals surface area (Å²) < 4.78 is 5.99. The molecule has 0 spiro atoms. The predicted molar refractivity (Wildman–Crippen MR) is 96.6 cm³/mol. The van der Waals surface area contributed by atoms with Crippen LogP contribution in [0.25, 0.3) is 0 Å². The zero-order chi connectivity index (χ0) is 16.9. The van der Waals surface area contributed by atoms with Gasteiger partial charge in [-0.2, -0.15) is 0 Å². The highest BCUT2D eigenvalue weighted by atomic mass is 35.5. The Morgan fingerprint density at radius 2 is 1.92 bits per heavy atom. The number of aromatic nitrogens is 1. The molecule has 0 atom stereocenters. The van der Waals surface area contributed by atoms with Crippen LogP contribution in [0.3, 0.4) is 0 Å². The standard InChI is InChI=1S/C18H20Cl2N2O2/c19-15-9-14(18(23)21-10-15)11-22-7-5-16(6-8-22)24-12-13-3-1-2-4-17(13)20/h1-4,9-10,16H,5-8,11-12H2,(H,21,23). The molecule has 0 unspecified atom stereocenters. The van der Waals surface area contributed by atoms with Crippen LogP contribution in [0.5, 0.6) is 0 Å². The summed E-state index contributed by atoms with van der Waals surface area (Å²) in [5.74, 6) is 0. The zero-order valence-corrected chi connectivity index (χ0v) is 14.8. The first-order valence-corrected chi connectivity index (χ1v) is 8.82. The second-order valence-corrected chi connectivity index (χ2v) is 6.89. The van der Waals surface area contributed by atoms with E-state index in [0.717, 1.165) is 36.5 Å². The molecular weight excluding hydrogens is 347 g/mol. The van der Waals surface area contributed by atoms with Gasteiger partial charge in [0, 0.05) is 36.4 Å². The van der Waals surface area contributed by atoms with Crippen molar-refractivity contribution in [2.24, 2.45) is 0 Å². The van der Waals surface area contributed by atoms with Gasteiger partial charge < -0.3 is 9.72 Å². The fourth-order valence-electron chi connectivity index (χ4n) is 2.92. The maximum Gasteiger partial charge on any atom is 0.252 e. The number of piperidine rings is 1. The minimum atomic E-state index is -0.0727. The molecule has 1 fully saturated rings. The molecule has 4 nitrogen and oxygen atoms in total. The van der Waals surface area contributed by atoms with Gasteiger partial charge in [0.25, 0.3) is 5.56 Å². The molecule has 0 saturated carbocycles. The molecule has 6 heteroatoms. The maximum absolute atomic E-state index is 11.8. The first-order chi connectivity index (χ1) is 11.6. The van der Waals surface area contributed by atoms with Crippen molar-refractivity contribution in [1.29, 1.82) is 0 Å². The van der Waals surface area contributed by atoms with E-state index in [1.807, 2.05) is 24.3 Å². The van der Waals surface area contributed by atoms with Crippen molar-refractivity contribution in [3.8, 4) is 0 Å². The highest BCUT2D eigenvalue weighted by molar-refractivity contribution is 6.31. The molecule has 1 aromatic carbocycles. The van der Waals surface area contributed by atoms with Crippen molar-refractivity contribution in [3.63, 3.8) is 0 Å². The van der Waals surface area contributed by atoms with E-state index in [1.165, 1.54) is 6.20 Å². The molecule has 2 heterocycles. The molecule has 3 rings (SSSR count). The Morgan fingerprint density at radius 3 is 2.67 bits per heavy atom. The number of rotatable bonds is 5. The second kappa shape index (κ2) is 8.17. The minimum Gasteiger partial charge on any atom is -0.373 e. The van der Waals surface area contributed by atoms with E-state index in [1.54, 1.807) is 6.07 Å². The third kappa shape index (κ3) is 4.61. The molecule has 0 aliphatic carbocycles. The van der Waals surface area contributed by atoms with Crippen LogP contribution in [0.4, 0.5) is 0 Å².